The highest BCUT2D eigenvalue weighted by molar-refractivity contribution is 6.00. The molecule has 0 bridgehead atoms. The van der Waals surface area contributed by atoms with Crippen molar-refractivity contribution in [3.05, 3.63) is 78.0 Å². The third kappa shape index (κ3) is 3.75. The van der Waals surface area contributed by atoms with Crippen LogP contribution in [0.25, 0.3) is 10.9 Å². The summed E-state index contributed by atoms with van der Waals surface area (Å²) < 4.78 is 7.89. The number of rotatable bonds is 7. The summed E-state index contributed by atoms with van der Waals surface area (Å²) in [7, 11) is 0. The third-order valence-corrected chi connectivity index (χ3v) is 4.87. The minimum absolute atomic E-state index is 0.0181. The highest BCUT2D eigenvalue weighted by Gasteiger charge is 2.26. The molecule has 0 radical (unpaired) electrons. The fourth-order valence-electron chi connectivity index (χ4n) is 3.25. The number of hydrogen-bond donors (Lipinski definition) is 1. The van der Waals surface area contributed by atoms with Crippen LogP contribution in [0.2, 0.25) is 0 Å². The van der Waals surface area contributed by atoms with Gasteiger partial charge in [-0.15, -0.1) is 0 Å². The van der Waals surface area contributed by atoms with E-state index in [4.69, 9.17) is 4.74 Å². The molecule has 27 heavy (non-hydrogen) atoms. The van der Waals surface area contributed by atoms with E-state index in [0.29, 0.717) is 24.9 Å². The summed E-state index contributed by atoms with van der Waals surface area (Å²) in [6, 6.07) is 16.6. The zero-order valence-electron chi connectivity index (χ0n) is 15.6. The number of carbonyl (C=O) groups is 1. The first-order valence-corrected chi connectivity index (χ1v) is 9.38. The van der Waals surface area contributed by atoms with E-state index in [-0.39, 0.29) is 5.91 Å². The molecule has 138 valence electrons. The summed E-state index contributed by atoms with van der Waals surface area (Å²) in [5.41, 5.74) is 4.06. The molecule has 4 nitrogen and oxygen atoms in total. The number of carbonyl (C=O) groups excluding carboxylic acids is 1. The number of hydrogen-bond acceptors (Lipinski definition) is 2. The number of fused-ring (bicyclic) bond motifs is 1. The molecule has 1 heterocycles. The van der Waals surface area contributed by atoms with Crippen LogP contribution in [0.5, 0.6) is 5.75 Å². The first kappa shape index (κ1) is 17.4. The standard InChI is InChI=1S/C23H24N2O2/c1-3-13-27-22-6-4-5-20-19(22)14-21(23(26)24-18-11-12-18)25(20)15-17-9-7-16(2)8-10-17/h3-10,14,18H,1,11-13,15H2,2H3,(H,24,26). The highest BCUT2D eigenvalue weighted by Crippen LogP contribution is 2.30. The molecule has 0 atom stereocenters. The average Bonchev–Trinajstić information content (AvgIpc) is 3.41. The third-order valence-electron chi connectivity index (χ3n) is 4.87. The minimum atomic E-state index is -0.0181. The Morgan fingerprint density at radius 3 is 2.74 bits per heavy atom. The van der Waals surface area contributed by atoms with E-state index in [1.54, 1.807) is 6.08 Å². The van der Waals surface area contributed by atoms with Gasteiger partial charge in [0.2, 0.25) is 0 Å². The molecule has 0 aliphatic heterocycles. The number of benzene rings is 2. The van der Waals surface area contributed by atoms with E-state index >= 15 is 0 Å². The van der Waals surface area contributed by atoms with Gasteiger partial charge in [-0.2, -0.15) is 0 Å². The second kappa shape index (κ2) is 7.31. The van der Waals surface area contributed by atoms with Crippen LogP contribution in [0.15, 0.2) is 61.2 Å². The van der Waals surface area contributed by atoms with Gasteiger partial charge in [0.1, 0.15) is 18.1 Å². The van der Waals surface area contributed by atoms with Gasteiger partial charge in [-0.3, -0.25) is 4.79 Å². The van der Waals surface area contributed by atoms with E-state index in [9.17, 15) is 4.79 Å². The lowest BCUT2D eigenvalue weighted by atomic mass is 10.1. The lowest BCUT2D eigenvalue weighted by Gasteiger charge is -2.12. The molecule has 1 N–H and O–H groups in total. The zero-order valence-corrected chi connectivity index (χ0v) is 15.6. The van der Waals surface area contributed by atoms with Crippen molar-refractivity contribution in [3.63, 3.8) is 0 Å². The van der Waals surface area contributed by atoms with Crippen molar-refractivity contribution in [1.29, 1.82) is 0 Å². The molecular weight excluding hydrogens is 336 g/mol. The highest BCUT2D eigenvalue weighted by atomic mass is 16.5. The van der Waals surface area contributed by atoms with Crippen LogP contribution in [0.1, 0.15) is 34.5 Å². The van der Waals surface area contributed by atoms with Crippen molar-refractivity contribution in [3.8, 4) is 5.75 Å². The molecule has 0 unspecified atom stereocenters. The van der Waals surface area contributed by atoms with Crippen molar-refractivity contribution in [2.24, 2.45) is 0 Å². The molecule has 4 rings (SSSR count). The van der Waals surface area contributed by atoms with Crippen molar-refractivity contribution < 1.29 is 9.53 Å². The van der Waals surface area contributed by atoms with Crippen molar-refractivity contribution in [2.45, 2.75) is 32.4 Å². The number of aryl methyl sites for hydroxylation is 1. The van der Waals surface area contributed by atoms with E-state index in [2.05, 4.69) is 47.7 Å². The van der Waals surface area contributed by atoms with Gasteiger partial charge in [-0.1, -0.05) is 48.6 Å². The predicted molar refractivity (Wildman–Crippen MR) is 108 cm³/mol. The Balaban J connectivity index is 1.78. The van der Waals surface area contributed by atoms with Gasteiger partial charge < -0.3 is 14.6 Å². The summed E-state index contributed by atoms with van der Waals surface area (Å²) in [6.45, 7) is 6.87. The molecule has 2 aromatic carbocycles. The van der Waals surface area contributed by atoms with Crippen LogP contribution in [-0.2, 0) is 6.54 Å². The summed E-state index contributed by atoms with van der Waals surface area (Å²) in [5.74, 6) is 0.756. The molecular formula is C23H24N2O2. The normalized spacial score (nSPS) is 13.5. The van der Waals surface area contributed by atoms with Crippen molar-refractivity contribution in [1.82, 2.24) is 9.88 Å². The maximum absolute atomic E-state index is 12.9. The van der Waals surface area contributed by atoms with Crippen molar-refractivity contribution >= 4 is 16.8 Å². The minimum Gasteiger partial charge on any atom is -0.489 e. The SMILES string of the molecule is C=CCOc1cccc2c1cc(C(=O)NC1CC1)n2Cc1ccc(C)cc1. The Bertz CT molecular complexity index is 982. The summed E-state index contributed by atoms with van der Waals surface area (Å²) in [6.07, 6.45) is 3.86. The Hall–Kier alpha value is -3.01. The number of amides is 1. The van der Waals surface area contributed by atoms with Gasteiger partial charge in [-0.25, -0.2) is 0 Å². The van der Waals surface area contributed by atoms with Gasteiger partial charge in [0.05, 0.1) is 5.52 Å². The number of aromatic nitrogens is 1. The van der Waals surface area contributed by atoms with Crippen LogP contribution in [0.3, 0.4) is 0 Å². The second-order valence-electron chi connectivity index (χ2n) is 7.14. The Morgan fingerprint density at radius 1 is 1.26 bits per heavy atom. The topological polar surface area (TPSA) is 43.3 Å². The smallest absolute Gasteiger partial charge is 0.268 e. The second-order valence-corrected chi connectivity index (χ2v) is 7.14. The van der Waals surface area contributed by atoms with E-state index in [1.165, 1.54) is 5.56 Å². The maximum atomic E-state index is 12.9. The first-order valence-electron chi connectivity index (χ1n) is 9.38. The van der Waals surface area contributed by atoms with Crippen LogP contribution in [0.4, 0.5) is 0 Å². The molecule has 3 aromatic rings. The van der Waals surface area contributed by atoms with Gasteiger partial charge in [0.15, 0.2) is 0 Å². The van der Waals surface area contributed by atoms with Crippen LogP contribution >= 0.6 is 0 Å². The predicted octanol–water partition coefficient (Wildman–Crippen LogP) is 4.46. The molecule has 4 heteroatoms. The molecule has 1 fully saturated rings. The van der Waals surface area contributed by atoms with Gasteiger partial charge in [0.25, 0.3) is 5.91 Å². The van der Waals surface area contributed by atoms with Crippen molar-refractivity contribution in [2.75, 3.05) is 6.61 Å². The number of ether oxygens (including phenoxy) is 1. The zero-order chi connectivity index (χ0) is 18.8. The Morgan fingerprint density at radius 2 is 2.04 bits per heavy atom. The molecule has 1 aliphatic rings. The summed E-state index contributed by atoms with van der Waals surface area (Å²) in [5, 5.41) is 4.06. The van der Waals surface area contributed by atoms with E-state index in [1.807, 2.05) is 24.3 Å². The maximum Gasteiger partial charge on any atom is 0.268 e. The molecule has 1 aliphatic carbocycles. The lowest BCUT2D eigenvalue weighted by Crippen LogP contribution is -2.27. The molecule has 0 saturated heterocycles. The van der Waals surface area contributed by atoms with Gasteiger partial charge in [-0.05, 0) is 43.5 Å². The first-order chi connectivity index (χ1) is 13.2. The molecule has 1 amide bonds. The number of nitrogens with one attached hydrogen (secondary N) is 1. The van der Waals surface area contributed by atoms with Gasteiger partial charge >= 0.3 is 0 Å². The largest absolute Gasteiger partial charge is 0.489 e. The summed E-state index contributed by atoms with van der Waals surface area (Å²) >= 11 is 0. The quantitative estimate of drug-likeness (QED) is 0.633. The van der Waals surface area contributed by atoms with E-state index in [0.717, 1.165) is 35.1 Å². The molecule has 1 aromatic heterocycles. The molecule has 1 saturated carbocycles. The Kier molecular flexibility index (Phi) is 4.71. The fourth-order valence-corrected chi connectivity index (χ4v) is 3.25. The average molecular weight is 360 g/mol. The van der Waals surface area contributed by atoms with E-state index < -0.39 is 0 Å². The van der Waals surface area contributed by atoms with Crippen LogP contribution in [-0.4, -0.2) is 23.1 Å². The Labute approximate surface area is 159 Å². The summed E-state index contributed by atoms with van der Waals surface area (Å²) in [4.78, 5) is 12.9. The van der Waals surface area contributed by atoms with Gasteiger partial charge in [0, 0.05) is 18.0 Å². The monoisotopic (exact) mass is 360 g/mol. The number of nitrogens with zero attached hydrogens (tertiary/aromatic N) is 1. The fraction of sp³-hybridized carbons (Fsp3) is 0.261. The van der Waals surface area contributed by atoms with Crippen LogP contribution < -0.4 is 10.1 Å². The lowest BCUT2D eigenvalue weighted by molar-refractivity contribution is 0.0942. The van der Waals surface area contributed by atoms with Crippen LogP contribution in [0, 0.1) is 6.92 Å². The molecule has 0 spiro atoms.